The lowest BCUT2D eigenvalue weighted by Crippen LogP contribution is -2.61. The highest BCUT2D eigenvalue weighted by Gasteiger charge is 2.28. The van der Waals surface area contributed by atoms with E-state index in [-0.39, 0.29) is 11.9 Å². The number of piperazine rings is 1. The lowest BCUT2D eigenvalue weighted by molar-refractivity contribution is -0.0409. The quantitative estimate of drug-likeness (QED) is 0.664. The van der Waals surface area contributed by atoms with Gasteiger partial charge in [0.25, 0.3) is 0 Å². The second-order valence-electron chi connectivity index (χ2n) is 4.77. The molecule has 0 aromatic rings. The van der Waals surface area contributed by atoms with Gasteiger partial charge in [0.1, 0.15) is 6.23 Å². The molecule has 4 nitrogen and oxygen atoms in total. The van der Waals surface area contributed by atoms with Crippen molar-refractivity contribution in [3.05, 3.63) is 0 Å². The summed E-state index contributed by atoms with van der Waals surface area (Å²) in [7, 11) is 0. The molecule has 1 unspecified atom stereocenters. The van der Waals surface area contributed by atoms with Crippen molar-refractivity contribution in [3.8, 4) is 0 Å². The van der Waals surface area contributed by atoms with Gasteiger partial charge in [0.15, 0.2) is 0 Å². The van der Waals surface area contributed by atoms with Crippen molar-refractivity contribution in [2.24, 2.45) is 5.73 Å². The van der Waals surface area contributed by atoms with Crippen molar-refractivity contribution >= 4 is 0 Å². The molecular weight excluding hydrogens is 190 g/mol. The van der Waals surface area contributed by atoms with Gasteiger partial charge in [-0.15, -0.1) is 0 Å². The number of rotatable bonds is 5. The van der Waals surface area contributed by atoms with E-state index in [4.69, 9.17) is 10.5 Å². The smallest absolute Gasteiger partial charge is 0.121 e. The number of hydrogen-bond acceptors (Lipinski definition) is 4. The third kappa shape index (κ3) is 4.47. The van der Waals surface area contributed by atoms with Gasteiger partial charge in [-0.3, -0.25) is 10.2 Å². The maximum atomic E-state index is 6.07. The Morgan fingerprint density at radius 3 is 2.87 bits per heavy atom. The average molecular weight is 215 g/mol. The van der Waals surface area contributed by atoms with Crippen LogP contribution < -0.4 is 11.1 Å². The predicted molar refractivity (Wildman–Crippen MR) is 62.5 cm³/mol. The SMILES string of the molecule is CCCCOC1CN(C(C)(C)N)CCN1. The Hall–Kier alpha value is -0.160. The maximum absolute atomic E-state index is 6.07. The summed E-state index contributed by atoms with van der Waals surface area (Å²) in [6.45, 7) is 9.94. The molecule has 0 aromatic heterocycles. The fourth-order valence-electron chi connectivity index (χ4n) is 1.72. The monoisotopic (exact) mass is 215 g/mol. The van der Waals surface area contributed by atoms with E-state index in [9.17, 15) is 0 Å². The van der Waals surface area contributed by atoms with Gasteiger partial charge in [-0.1, -0.05) is 13.3 Å². The molecule has 1 fully saturated rings. The first-order chi connectivity index (χ1) is 7.04. The van der Waals surface area contributed by atoms with Crippen LogP contribution in [0, 0.1) is 0 Å². The van der Waals surface area contributed by atoms with E-state index in [1.54, 1.807) is 0 Å². The van der Waals surface area contributed by atoms with E-state index < -0.39 is 0 Å². The van der Waals surface area contributed by atoms with Crippen LogP contribution in [0.3, 0.4) is 0 Å². The Balaban J connectivity index is 2.29. The summed E-state index contributed by atoms with van der Waals surface area (Å²) in [5.41, 5.74) is 5.83. The van der Waals surface area contributed by atoms with Gasteiger partial charge >= 0.3 is 0 Å². The number of nitrogens with zero attached hydrogens (tertiary/aromatic N) is 1. The highest BCUT2D eigenvalue weighted by Crippen LogP contribution is 2.11. The fraction of sp³-hybridized carbons (Fsp3) is 1.00. The van der Waals surface area contributed by atoms with Gasteiger partial charge < -0.3 is 10.5 Å². The predicted octanol–water partition coefficient (Wildman–Crippen LogP) is 0.729. The Kier molecular flexibility index (Phi) is 4.99. The first-order valence-corrected chi connectivity index (χ1v) is 5.93. The van der Waals surface area contributed by atoms with Gasteiger partial charge in [0, 0.05) is 26.2 Å². The van der Waals surface area contributed by atoms with Crippen LogP contribution in [0.4, 0.5) is 0 Å². The number of ether oxygens (including phenoxy) is 1. The molecular formula is C11H25N3O. The fourth-order valence-corrected chi connectivity index (χ4v) is 1.72. The van der Waals surface area contributed by atoms with Crippen LogP contribution in [0.5, 0.6) is 0 Å². The van der Waals surface area contributed by atoms with Crippen LogP contribution in [-0.2, 0) is 4.74 Å². The van der Waals surface area contributed by atoms with Gasteiger partial charge in [0.05, 0.1) is 5.66 Å². The third-order valence-electron chi connectivity index (χ3n) is 2.77. The highest BCUT2D eigenvalue weighted by molar-refractivity contribution is 4.81. The molecule has 1 aliphatic rings. The lowest BCUT2D eigenvalue weighted by Gasteiger charge is -2.41. The van der Waals surface area contributed by atoms with E-state index in [0.29, 0.717) is 0 Å². The summed E-state index contributed by atoms with van der Waals surface area (Å²) in [5.74, 6) is 0. The second-order valence-corrected chi connectivity index (χ2v) is 4.77. The molecule has 0 bridgehead atoms. The molecule has 1 saturated heterocycles. The van der Waals surface area contributed by atoms with Crippen molar-refractivity contribution in [3.63, 3.8) is 0 Å². The molecule has 90 valence electrons. The van der Waals surface area contributed by atoms with Crippen LogP contribution in [-0.4, -0.2) is 43.0 Å². The second kappa shape index (κ2) is 5.80. The number of nitrogens with two attached hydrogens (primary N) is 1. The molecule has 0 aliphatic carbocycles. The van der Waals surface area contributed by atoms with Crippen molar-refractivity contribution in [1.29, 1.82) is 0 Å². The normalized spacial score (nSPS) is 24.4. The maximum Gasteiger partial charge on any atom is 0.121 e. The minimum Gasteiger partial charge on any atom is -0.362 e. The van der Waals surface area contributed by atoms with Crippen LogP contribution in [0.25, 0.3) is 0 Å². The summed E-state index contributed by atoms with van der Waals surface area (Å²) < 4.78 is 5.74. The minimum absolute atomic E-state index is 0.146. The summed E-state index contributed by atoms with van der Waals surface area (Å²) in [5, 5.41) is 3.36. The van der Waals surface area contributed by atoms with Crippen molar-refractivity contribution in [2.75, 3.05) is 26.2 Å². The molecule has 15 heavy (non-hydrogen) atoms. The van der Waals surface area contributed by atoms with Gasteiger partial charge in [-0.25, -0.2) is 0 Å². The van der Waals surface area contributed by atoms with Crippen molar-refractivity contribution in [1.82, 2.24) is 10.2 Å². The van der Waals surface area contributed by atoms with E-state index >= 15 is 0 Å². The molecule has 0 radical (unpaired) electrons. The average Bonchev–Trinajstić information content (AvgIpc) is 2.17. The molecule has 1 aliphatic heterocycles. The molecule has 1 rings (SSSR count). The zero-order valence-electron chi connectivity index (χ0n) is 10.3. The number of unbranched alkanes of at least 4 members (excludes halogenated alkanes) is 1. The van der Waals surface area contributed by atoms with E-state index in [2.05, 4.69) is 17.1 Å². The van der Waals surface area contributed by atoms with E-state index in [1.165, 1.54) is 6.42 Å². The standard InChI is InChI=1S/C11H25N3O/c1-4-5-8-15-10-9-14(7-6-13-10)11(2,3)12/h10,13H,4-9,12H2,1-3H3. The number of hydrogen-bond donors (Lipinski definition) is 2. The Labute approximate surface area is 93.1 Å². The van der Waals surface area contributed by atoms with E-state index in [1.807, 2.05) is 13.8 Å². The lowest BCUT2D eigenvalue weighted by atomic mass is 10.2. The Morgan fingerprint density at radius 1 is 1.53 bits per heavy atom. The molecule has 3 N–H and O–H groups in total. The van der Waals surface area contributed by atoms with Gasteiger partial charge in [0.2, 0.25) is 0 Å². The Morgan fingerprint density at radius 2 is 2.27 bits per heavy atom. The molecule has 0 spiro atoms. The molecule has 0 aromatic carbocycles. The highest BCUT2D eigenvalue weighted by atomic mass is 16.5. The minimum atomic E-state index is -0.242. The molecule has 0 amide bonds. The van der Waals surface area contributed by atoms with Crippen LogP contribution in [0.1, 0.15) is 33.6 Å². The summed E-state index contributed by atoms with van der Waals surface area (Å²) in [6.07, 6.45) is 2.45. The van der Waals surface area contributed by atoms with Crippen LogP contribution in [0.2, 0.25) is 0 Å². The zero-order chi connectivity index (χ0) is 11.3. The Bertz CT molecular complexity index is 179. The number of nitrogens with one attached hydrogen (secondary N) is 1. The molecule has 1 heterocycles. The topological polar surface area (TPSA) is 50.5 Å². The van der Waals surface area contributed by atoms with Crippen LogP contribution >= 0.6 is 0 Å². The summed E-state index contributed by atoms with van der Waals surface area (Å²) >= 11 is 0. The first kappa shape index (κ1) is 12.9. The van der Waals surface area contributed by atoms with Crippen LogP contribution in [0.15, 0.2) is 0 Å². The van der Waals surface area contributed by atoms with Gasteiger partial charge in [-0.2, -0.15) is 0 Å². The third-order valence-corrected chi connectivity index (χ3v) is 2.77. The largest absolute Gasteiger partial charge is 0.362 e. The molecule has 1 atom stereocenters. The molecule has 4 heteroatoms. The summed E-state index contributed by atoms with van der Waals surface area (Å²) in [6, 6.07) is 0. The first-order valence-electron chi connectivity index (χ1n) is 5.93. The van der Waals surface area contributed by atoms with Crippen molar-refractivity contribution in [2.45, 2.75) is 45.5 Å². The summed E-state index contributed by atoms with van der Waals surface area (Å²) in [4.78, 5) is 2.26. The molecule has 0 saturated carbocycles. The van der Waals surface area contributed by atoms with E-state index in [0.717, 1.165) is 32.7 Å². The zero-order valence-corrected chi connectivity index (χ0v) is 10.3. The van der Waals surface area contributed by atoms with Crippen molar-refractivity contribution < 1.29 is 4.74 Å². The van der Waals surface area contributed by atoms with Gasteiger partial charge in [-0.05, 0) is 20.3 Å².